The van der Waals surface area contributed by atoms with Gasteiger partial charge in [-0.3, -0.25) is 19.1 Å². The topological polar surface area (TPSA) is 113 Å². The Bertz CT molecular complexity index is 1200. The Hall–Kier alpha value is -3.82. The highest BCUT2D eigenvalue weighted by atomic mass is 19.1. The Morgan fingerprint density at radius 2 is 1.94 bits per heavy atom. The summed E-state index contributed by atoms with van der Waals surface area (Å²) < 4.78 is 14.6. The SMILES string of the molecule is O=C(Cn1cccnc1=O)N[C@H](Cc1cc(=O)[nH]c(N2CCCC2)n1)c1ccc(F)cc1. The van der Waals surface area contributed by atoms with Gasteiger partial charge in [-0.2, -0.15) is 0 Å². The Morgan fingerprint density at radius 1 is 1.19 bits per heavy atom. The quantitative estimate of drug-likeness (QED) is 0.573. The zero-order chi connectivity index (χ0) is 22.5. The highest BCUT2D eigenvalue weighted by Crippen LogP contribution is 2.20. The number of rotatable bonds is 7. The van der Waals surface area contributed by atoms with Crippen molar-refractivity contribution in [3.8, 4) is 0 Å². The van der Waals surface area contributed by atoms with Crippen molar-refractivity contribution in [2.75, 3.05) is 18.0 Å². The molecule has 0 aliphatic carbocycles. The molecule has 0 saturated carbocycles. The molecule has 1 aliphatic rings. The van der Waals surface area contributed by atoms with E-state index in [1.54, 1.807) is 18.2 Å². The number of aromatic nitrogens is 4. The number of benzene rings is 1. The smallest absolute Gasteiger partial charge is 0.347 e. The fourth-order valence-electron chi connectivity index (χ4n) is 3.74. The molecule has 3 heterocycles. The maximum absolute atomic E-state index is 13.5. The van der Waals surface area contributed by atoms with Gasteiger partial charge in [-0.05, 0) is 36.6 Å². The van der Waals surface area contributed by atoms with Crippen LogP contribution >= 0.6 is 0 Å². The Labute approximate surface area is 183 Å². The van der Waals surface area contributed by atoms with E-state index in [2.05, 4.69) is 20.3 Å². The zero-order valence-electron chi connectivity index (χ0n) is 17.3. The average Bonchev–Trinajstić information content (AvgIpc) is 3.30. The van der Waals surface area contributed by atoms with Crippen molar-refractivity contribution < 1.29 is 9.18 Å². The van der Waals surface area contributed by atoms with E-state index in [-0.39, 0.29) is 18.5 Å². The van der Waals surface area contributed by atoms with Crippen molar-refractivity contribution in [1.82, 2.24) is 24.8 Å². The molecule has 166 valence electrons. The second-order valence-corrected chi connectivity index (χ2v) is 7.66. The summed E-state index contributed by atoms with van der Waals surface area (Å²) in [5.74, 6) is -0.304. The van der Waals surface area contributed by atoms with E-state index >= 15 is 0 Å². The minimum absolute atomic E-state index is 0.216. The minimum atomic E-state index is -0.573. The average molecular weight is 438 g/mol. The predicted molar refractivity (Wildman–Crippen MR) is 116 cm³/mol. The van der Waals surface area contributed by atoms with Gasteiger partial charge in [-0.15, -0.1) is 0 Å². The van der Waals surface area contributed by atoms with E-state index in [4.69, 9.17) is 0 Å². The summed E-state index contributed by atoms with van der Waals surface area (Å²) in [6.07, 6.45) is 5.13. The van der Waals surface area contributed by atoms with Crippen molar-refractivity contribution >= 4 is 11.9 Å². The fraction of sp³-hybridized carbons (Fsp3) is 0.318. The van der Waals surface area contributed by atoms with Gasteiger partial charge in [0, 0.05) is 38.0 Å². The van der Waals surface area contributed by atoms with E-state index in [9.17, 15) is 18.8 Å². The van der Waals surface area contributed by atoms with Crippen LogP contribution in [0.1, 0.15) is 30.1 Å². The summed E-state index contributed by atoms with van der Waals surface area (Å²) in [6, 6.07) is 8.15. The monoisotopic (exact) mass is 438 g/mol. The number of anilines is 1. The molecular weight excluding hydrogens is 415 g/mol. The number of aromatic amines is 1. The van der Waals surface area contributed by atoms with E-state index in [1.165, 1.54) is 35.2 Å². The lowest BCUT2D eigenvalue weighted by Crippen LogP contribution is -2.36. The van der Waals surface area contributed by atoms with Crippen LogP contribution in [0.15, 0.2) is 58.4 Å². The molecule has 1 atom stereocenters. The van der Waals surface area contributed by atoms with E-state index in [0.717, 1.165) is 25.9 Å². The Kier molecular flexibility index (Phi) is 6.39. The third kappa shape index (κ3) is 5.26. The standard InChI is InChI=1S/C22H23FN6O3/c23-16-6-4-15(5-7-16)18(26-20(31)14-29-11-3-8-24-22(29)32)12-17-13-19(30)27-21(25-17)28-9-1-2-10-28/h3-8,11,13,18H,1-2,9-10,12,14H2,(H,26,31)(H,25,27,30)/t18-/m1/s1. The Morgan fingerprint density at radius 3 is 2.66 bits per heavy atom. The molecule has 1 aromatic carbocycles. The third-order valence-electron chi connectivity index (χ3n) is 5.31. The predicted octanol–water partition coefficient (Wildman–Crippen LogP) is 1.17. The maximum atomic E-state index is 13.5. The highest BCUT2D eigenvalue weighted by molar-refractivity contribution is 5.76. The van der Waals surface area contributed by atoms with Gasteiger partial charge in [0.05, 0.1) is 11.7 Å². The van der Waals surface area contributed by atoms with Gasteiger partial charge in [0.1, 0.15) is 12.4 Å². The molecule has 0 bridgehead atoms. The van der Waals surface area contributed by atoms with Gasteiger partial charge in [0.2, 0.25) is 11.9 Å². The Balaban J connectivity index is 1.58. The third-order valence-corrected chi connectivity index (χ3v) is 5.31. The lowest BCUT2D eigenvalue weighted by atomic mass is 10.0. The van der Waals surface area contributed by atoms with Crippen LogP contribution in [-0.2, 0) is 17.8 Å². The summed E-state index contributed by atoms with van der Waals surface area (Å²) in [7, 11) is 0. The molecule has 2 N–H and O–H groups in total. The molecule has 0 unspecified atom stereocenters. The normalized spacial score (nSPS) is 14.3. The molecule has 1 aliphatic heterocycles. The number of nitrogens with one attached hydrogen (secondary N) is 2. The second-order valence-electron chi connectivity index (χ2n) is 7.66. The van der Waals surface area contributed by atoms with Gasteiger partial charge in [0.25, 0.3) is 5.56 Å². The van der Waals surface area contributed by atoms with Gasteiger partial charge < -0.3 is 10.2 Å². The van der Waals surface area contributed by atoms with Crippen LogP contribution in [-0.4, -0.2) is 38.5 Å². The van der Waals surface area contributed by atoms with Crippen molar-refractivity contribution in [2.45, 2.75) is 31.8 Å². The first-order valence-electron chi connectivity index (χ1n) is 10.4. The van der Waals surface area contributed by atoms with Crippen LogP contribution in [0.2, 0.25) is 0 Å². The summed E-state index contributed by atoms with van der Waals surface area (Å²) >= 11 is 0. The van der Waals surface area contributed by atoms with Crippen LogP contribution in [0.25, 0.3) is 0 Å². The van der Waals surface area contributed by atoms with Crippen LogP contribution in [0.5, 0.6) is 0 Å². The molecule has 0 spiro atoms. The van der Waals surface area contributed by atoms with Gasteiger partial charge in [0.15, 0.2) is 0 Å². The number of amides is 1. The lowest BCUT2D eigenvalue weighted by Gasteiger charge is -2.21. The van der Waals surface area contributed by atoms with Gasteiger partial charge in [-0.1, -0.05) is 12.1 Å². The number of carbonyl (C=O) groups is 1. The fourth-order valence-corrected chi connectivity index (χ4v) is 3.74. The number of H-pyrrole nitrogens is 1. The molecule has 1 fully saturated rings. The molecule has 2 aromatic heterocycles. The molecule has 9 nitrogen and oxygen atoms in total. The van der Waals surface area contributed by atoms with Crippen molar-refractivity contribution in [1.29, 1.82) is 0 Å². The van der Waals surface area contributed by atoms with E-state index in [1.807, 2.05) is 4.90 Å². The maximum Gasteiger partial charge on any atom is 0.347 e. The summed E-state index contributed by atoms with van der Waals surface area (Å²) in [4.78, 5) is 49.7. The van der Waals surface area contributed by atoms with Crippen LogP contribution in [0, 0.1) is 5.82 Å². The van der Waals surface area contributed by atoms with Crippen LogP contribution < -0.4 is 21.5 Å². The first-order valence-corrected chi connectivity index (χ1v) is 10.4. The lowest BCUT2D eigenvalue weighted by molar-refractivity contribution is -0.122. The largest absolute Gasteiger partial charge is 0.347 e. The number of hydrogen-bond donors (Lipinski definition) is 2. The summed E-state index contributed by atoms with van der Waals surface area (Å²) in [5, 5.41) is 2.87. The number of carbonyl (C=O) groups excluding carboxylic acids is 1. The van der Waals surface area contributed by atoms with Gasteiger partial charge >= 0.3 is 5.69 Å². The second kappa shape index (κ2) is 9.54. The van der Waals surface area contributed by atoms with Crippen molar-refractivity contribution in [3.63, 3.8) is 0 Å². The number of hydrogen-bond acceptors (Lipinski definition) is 6. The van der Waals surface area contributed by atoms with Gasteiger partial charge in [-0.25, -0.2) is 19.2 Å². The molecule has 0 radical (unpaired) electrons. The van der Waals surface area contributed by atoms with Crippen molar-refractivity contribution in [3.05, 3.63) is 86.7 Å². The molecule has 3 aromatic rings. The summed E-state index contributed by atoms with van der Waals surface area (Å²) in [5.41, 5.74) is 0.349. The minimum Gasteiger partial charge on any atom is -0.347 e. The van der Waals surface area contributed by atoms with Crippen LogP contribution in [0.3, 0.4) is 0 Å². The van der Waals surface area contributed by atoms with Crippen molar-refractivity contribution in [2.24, 2.45) is 0 Å². The van der Waals surface area contributed by atoms with E-state index in [0.29, 0.717) is 17.2 Å². The molecule has 1 amide bonds. The number of halogens is 1. The molecule has 4 rings (SSSR count). The zero-order valence-corrected chi connectivity index (χ0v) is 17.3. The first-order chi connectivity index (χ1) is 15.5. The molecule has 32 heavy (non-hydrogen) atoms. The van der Waals surface area contributed by atoms with E-state index < -0.39 is 23.5 Å². The highest BCUT2D eigenvalue weighted by Gasteiger charge is 2.20. The van der Waals surface area contributed by atoms with Crippen LogP contribution in [0.4, 0.5) is 10.3 Å². The molecule has 10 heteroatoms. The summed E-state index contributed by atoms with van der Waals surface area (Å²) in [6.45, 7) is 1.43. The molecular formula is C22H23FN6O3. The number of nitrogens with zero attached hydrogens (tertiary/aromatic N) is 4. The molecule has 1 saturated heterocycles. The first kappa shape index (κ1) is 21.4.